The smallest absolute Gasteiger partial charge is 0.416 e. The summed E-state index contributed by atoms with van der Waals surface area (Å²) < 4.78 is 63.7. The fourth-order valence-corrected chi connectivity index (χ4v) is 3.14. The molecule has 0 aliphatic carbocycles. The molecule has 6 nitrogen and oxygen atoms in total. The van der Waals surface area contributed by atoms with Crippen LogP contribution in [-0.2, 0) is 10.9 Å². The molecule has 168 valence electrons. The van der Waals surface area contributed by atoms with Crippen LogP contribution in [-0.4, -0.2) is 30.3 Å². The topological polar surface area (TPSA) is 80.1 Å². The fraction of sp³-hybridized carbons (Fsp3) is 0.318. The molecule has 0 aliphatic rings. The predicted octanol–water partition coefficient (Wildman–Crippen LogP) is 5.17. The SMILES string of the molecule is COCCOc1cc2c(N[C@H](C)c3cc(F)cc(C(F)(F)F)c3)nc(C)nc2cc1C#N. The van der Waals surface area contributed by atoms with Gasteiger partial charge in [0.05, 0.1) is 29.3 Å². The maximum Gasteiger partial charge on any atom is 0.416 e. The van der Waals surface area contributed by atoms with E-state index in [1.807, 2.05) is 0 Å². The van der Waals surface area contributed by atoms with Gasteiger partial charge in [0.2, 0.25) is 0 Å². The number of rotatable bonds is 7. The van der Waals surface area contributed by atoms with Gasteiger partial charge in [-0.15, -0.1) is 0 Å². The molecule has 3 aromatic rings. The molecule has 1 N–H and O–H groups in total. The van der Waals surface area contributed by atoms with Gasteiger partial charge in [0, 0.05) is 12.5 Å². The molecule has 10 heteroatoms. The summed E-state index contributed by atoms with van der Waals surface area (Å²) in [6.45, 7) is 3.77. The molecule has 2 aromatic carbocycles. The van der Waals surface area contributed by atoms with Crippen LogP contribution in [0, 0.1) is 24.1 Å². The maximum atomic E-state index is 13.8. The highest BCUT2D eigenvalue weighted by Gasteiger charge is 2.31. The number of anilines is 1. The van der Waals surface area contributed by atoms with Crippen molar-refractivity contribution in [3.63, 3.8) is 0 Å². The highest BCUT2D eigenvalue weighted by molar-refractivity contribution is 5.91. The van der Waals surface area contributed by atoms with Gasteiger partial charge in [0.15, 0.2) is 0 Å². The van der Waals surface area contributed by atoms with Gasteiger partial charge in [0.1, 0.15) is 35.9 Å². The van der Waals surface area contributed by atoms with E-state index in [0.717, 1.165) is 12.1 Å². The Morgan fingerprint density at radius 3 is 2.53 bits per heavy atom. The van der Waals surface area contributed by atoms with Crippen molar-refractivity contribution in [2.45, 2.75) is 26.1 Å². The minimum atomic E-state index is -4.67. The molecule has 0 fully saturated rings. The minimum absolute atomic E-state index is 0.104. The van der Waals surface area contributed by atoms with Crippen molar-refractivity contribution in [2.24, 2.45) is 0 Å². The number of methoxy groups -OCH3 is 1. The number of aryl methyl sites for hydroxylation is 1. The first kappa shape index (κ1) is 23.2. The van der Waals surface area contributed by atoms with E-state index >= 15 is 0 Å². The Morgan fingerprint density at radius 1 is 1.12 bits per heavy atom. The lowest BCUT2D eigenvalue weighted by molar-refractivity contribution is -0.137. The second-order valence-corrected chi connectivity index (χ2v) is 7.08. The van der Waals surface area contributed by atoms with Crippen molar-refractivity contribution < 1.29 is 27.0 Å². The number of aromatic nitrogens is 2. The molecule has 0 radical (unpaired) electrons. The van der Waals surface area contributed by atoms with Crippen molar-refractivity contribution in [1.29, 1.82) is 5.26 Å². The highest BCUT2D eigenvalue weighted by Crippen LogP contribution is 2.34. The number of hydrogen-bond donors (Lipinski definition) is 1. The molecule has 1 atom stereocenters. The summed E-state index contributed by atoms with van der Waals surface area (Å²) in [5, 5.41) is 13.0. The van der Waals surface area contributed by atoms with Gasteiger partial charge in [-0.1, -0.05) is 0 Å². The summed E-state index contributed by atoms with van der Waals surface area (Å²) in [5.41, 5.74) is -0.243. The van der Waals surface area contributed by atoms with E-state index in [-0.39, 0.29) is 17.7 Å². The number of fused-ring (bicyclic) bond motifs is 1. The lowest BCUT2D eigenvalue weighted by Gasteiger charge is -2.19. The van der Waals surface area contributed by atoms with Crippen LogP contribution in [0.4, 0.5) is 23.4 Å². The van der Waals surface area contributed by atoms with Crippen LogP contribution >= 0.6 is 0 Å². The monoisotopic (exact) mass is 448 g/mol. The molecule has 1 heterocycles. The molecule has 0 amide bonds. The van der Waals surface area contributed by atoms with Crippen LogP contribution in [0.5, 0.6) is 5.75 Å². The van der Waals surface area contributed by atoms with Crippen molar-refractivity contribution in [2.75, 3.05) is 25.6 Å². The minimum Gasteiger partial charge on any atom is -0.490 e. The predicted molar refractivity (Wildman–Crippen MR) is 110 cm³/mol. The molecular formula is C22H20F4N4O2. The summed E-state index contributed by atoms with van der Waals surface area (Å²) in [6, 6.07) is 6.86. The molecule has 0 bridgehead atoms. The van der Waals surface area contributed by atoms with Crippen LogP contribution < -0.4 is 10.1 Å². The van der Waals surface area contributed by atoms with E-state index in [1.165, 1.54) is 7.11 Å². The van der Waals surface area contributed by atoms with Gasteiger partial charge in [-0.05, 0) is 49.7 Å². The summed E-state index contributed by atoms with van der Waals surface area (Å²) in [7, 11) is 1.52. The largest absolute Gasteiger partial charge is 0.490 e. The normalized spacial score (nSPS) is 12.4. The number of ether oxygens (including phenoxy) is 2. The van der Waals surface area contributed by atoms with Gasteiger partial charge in [-0.2, -0.15) is 18.4 Å². The lowest BCUT2D eigenvalue weighted by Crippen LogP contribution is -2.13. The Labute approximate surface area is 181 Å². The average molecular weight is 448 g/mol. The Balaban J connectivity index is 2.02. The second kappa shape index (κ2) is 9.36. The van der Waals surface area contributed by atoms with Crippen molar-refractivity contribution >= 4 is 16.7 Å². The molecule has 0 saturated heterocycles. The van der Waals surface area contributed by atoms with E-state index in [4.69, 9.17) is 9.47 Å². The third kappa shape index (κ3) is 5.23. The number of halogens is 4. The van der Waals surface area contributed by atoms with Crippen molar-refractivity contribution in [3.05, 3.63) is 58.7 Å². The van der Waals surface area contributed by atoms with E-state index < -0.39 is 23.6 Å². The van der Waals surface area contributed by atoms with Gasteiger partial charge in [0.25, 0.3) is 0 Å². The zero-order valence-corrected chi connectivity index (χ0v) is 17.5. The van der Waals surface area contributed by atoms with Crippen LogP contribution in [0.2, 0.25) is 0 Å². The summed E-state index contributed by atoms with van der Waals surface area (Å²) in [5.74, 6) is 0.0169. The third-order valence-electron chi connectivity index (χ3n) is 4.68. The molecule has 0 unspecified atom stereocenters. The van der Waals surface area contributed by atoms with Gasteiger partial charge >= 0.3 is 6.18 Å². The molecule has 0 saturated carbocycles. The highest BCUT2D eigenvalue weighted by atomic mass is 19.4. The Bertz CT molecular complexity index is 1180. The van der Waals surface area contributed by atoms with Crippen LogP contribution in [0.15, 0.2) is 30.3 Å². The Morgan fingerprint density at radius 2 is 1.88 bits per heavy atom. The third-order valence-corrected chi connectivity index (χ3v) is 4.68. The lowest BCUT2D eigenvalue weighted by atomic mass is 10.0. The van der Waals surface area contributed by atoms with E-state index in [9.17, 15) is 22.8 Å². The first-order chi connectivity index (χ1) is 15.1. The Kier molecular flexibility index (Phi) is 6.79. The van der Waals surface area contributed by atoms with E-state index in [1.54, 1.807) is 26.0 Å². The first-order valence-electron chi connectivity index (χ1n) is 9.61. The molecular weight excluding hydrogens is 428 g/mol. The molecule has 32 heavy (non-hydrogen) atoms. The number of alkyl halides is 3. The van der Waals surface area contributed by atoms with Crippen LogP contribution in [0.3, 0.4) is 0 Å². The molecule has 3 rings (SSSR count). The summed E-state index contributed by atoms with van der Waals surface area (Å²) in [4.78, 5) is 8.68. The standard InChI is InChI=1S/C22H20F4N4O2/c1-12(14-6-16(22(24,25)26)9-17(23)7-14)28-21-18-10-20(32-5-4-31-3)15(11-27)8-19(18)29-13(2)30-21/h6-10,12H,4-5H2,1-3H3,(H,28,29,30)/t12-/m1/s1. The van der Waals surface area contributed by atoms with E-state index in [0.29, 0.717) is 41.0 Å². The average Bonchev–Trinajstić information content (AvgIpc) is 2.72. The Hall–Kier alpha value is -3.45. The van der Waals surface area contributed by atoms with Crippen LogP contribution in [0.1, 0.15) is 35.5 Å². The van der Waals surface area contributed by atoms with Crippen LogP contribution in [0.25, 0.3) is 10.9 Å². The zero-order chi connectivity index (χ0) is 23.5. The number of nitrogens with one attached hydrogen (secondary N) is 1. The second-order valence-electron chi connectivity index (χ2n) is 7.08. The molecule has 1 aromatic heterocycles. The molecule has 0 spiro atoms. The maximum absolute atomic E-state index is 13.8. The van der Waals surface area contributed by atoms with E-state index in [2.05, 4.69) is 21.4 Å². The molecule has 0 aliphatic heterocycles. The summed E-state index contributed by atoms with van der Waals surface area (Å²) in [6.07, 6.45) is -4.67. The first-order valence-corrected chi connectivity index (χ1v) is 9.61. The number of nitrogens with zero attached hydrogens (tertiary/aromatic N) is 3. The summed E-state index contributed by atoms with van der Waals surface area (Å²) >= 11 is 0. The van der Waals surface area contributed by atoms with Gasteiger partial charge < -0.3 is 14.8 Å². The quantitative estimate of drug-likeness (QED) is 0.397. The fourth-order valence-electron chi connectivity index (χ4n) is 3.14. The van der Waals surface area contributed by atoms with Gasteiger partial charge in [-0.25, -0.2) is 14.4 Å². The van der Waals surface area contributed by atoms with Gasteiger partial charge in [-0.3, -0.25) is 0 Å². The number of hydrogen-bond acceptors (Lipinski definition) is 6. The van der Waals surface area contributed by atoms with Crippen molar-refractivity contribution in [3.8, 4) is 11.8 Å². The zero-order valence-electron chi connectivity index (χ0n) is 17.5. The number of nitriles is 1. The number of benzene rings is 2. The van der Waals surface area contributed by atoms with Crippen molar-refractivity contribution in [1.82, 2.24) is 9.97 Å².